The number of amides is 1. The Hall–Kier alpha value is -1.33. The number of hydrogen-bond donors (Lipinski definition) is 2. The summed E-state index contributed by atoms with van der Waals surface area (Å²) in [4.78, 5) is 16.5. The Balaban J connectivity index is 2.00. The van der Waals surface area contributed by atoms with E-state index in [9.17, 15) is 4.79 Å². The molecular formula is C10H15N3O2. The Kier molecular flexibility index (Phi) is 3.03. The molecule has 15 heavy (non-hydrogen) atoms. The van der Waals surface area contributed by atoms with Gasteiger partial charge in [-0.3, -0.25) is 9.69 Å². The van der Waals surface area contributed by atoms with Gasteiger partial charge in [-0.1, -0.05) is 0 Å². The first-order valence-corrected chi connectivity index (χ1v) is 5.02. The zero-order valence-corrected chi connectivity index (χ0v) is 8.69. The van der Waals surface area contributed by atoms with Crippen LogP contribution in [-0.4, -0.2) is 43.7 Å². The first-order chi connectivity index (χ1) is 7.29. The van der Waals surface area contributed by atoms with Gasteiger partial charge >= 0.3 is 0 Å². The molecule has 0 spiro atoms. The highest BCUT2D eigenvalue weighted by molar-refractivity contribution is 5.95. The predicted octanol–water partition coefficient (Wildman–Crippen LogP) is -0.0341. The maximum absolute atomic E-state index is 11.9. The molecule has 0 bridgehead atoms. The van der Waals surface area contributed by atoms with Crippen LogP contribution in [0.5, 0.6) is 0 Å². The number of ether oxygens (including phenoxy) is 1. The Morgan fingerprint density at radius 2 is 2.53 bits per heavy atom. The number of anilines is 1. The van der Waals surface area contributed by atoms with E-state index in [1.54, 1.807) is 18.1 Å². The molecule has 1 fully saturated rings. The number of likely N-dealkylation sites (N-methyl/N-ethyl adjacent to an activating group) is 1. The number of rotatable bonds is 2. The lowest BCUT2D eigenvalue weighted by molar-refractivity contribution is -0.131. The minimum absolute atomic E-state index is 0.0235. The SMILES string of the molecule is CN(C(=O)C1CNCCO1)c1ccc[nH]1. The number of carbonyl (C=O) groups excluding carboxylic acids is 1. The minimum atomic E-state index is -0.368. The molecule has 1 atom stereocenters. The molecule has 1 aliphatic rings. The van der Waals surface area contributed by atoms with Gasteiger partial charge in [-0.05, 0) is 12.1 Å². The van der Waals surface area contributed by atoms with Crippen molar-refractivity contribution in [3.8, 4) is 0 Å². The summed E-state index contributed by atoms with van der Waals surface area (Å²) in [6.07, 6.45) is 1.42. The van der Waals surface area contributed by atoms with Gasteiger partial charge in [0.25, 0.3) is 5.91 Å². The summed E-state index contributed by atoms with van der Waals surface area (Å²) in [6.45, 7) is 1.99. The second-order valence-corrected chi connectivity index (χ2v) is 3.52. The molecule has 1 saturated heterocycles. The van der Waals surface area contributed by atoms with Crippen LogP contribution in [0.1, 0.15) is 0 Å². The summed E-state index contributed by atoms with van der Waals surface area (Å²) in [5.41, 5.74) is 0. The van der Waals surface area contributed by atoms with E-state index in [-0.39, 0.29) is 12.0 Å². The van der Waals surface area contributed by atoms with Crippen LogP contribution < -0.4 is 10.2 Å². The van der Waals surface area contributed by atoms with Gasteiger partial charge in [-0.2, -0.15) is 0 Å². The molecule has 1 amide bonds. The van der Waals surface area contributed by atoms with Crippen LogP contribution in [-0.2, 0) is 9.53 Å². The van der Waals surface area contributed by atoms with Gasteiger partial charge in [0, 0.05) is 26.3 Å². The molecular weight excluding hydrogens is 194 g/mol. The fraction of sp³-hybridized carbons (Fsp3) is 0.500. The molecule has 0 aliphatic carbocycles. The van der Waals surface area contributed by atoms with Crippen molar-refractivity contribution >= 4 is 11.7 Å². The van der Waals surface area contributed by atoms with E-state index in [2.05, 4.69) is 10.3 Å². The lowest BCUT2D eigenvalue weighted by atomic mass is 10.2. The summed E-state index contributed by atoms with van der Waals surface area (Å²) in [5.74, 6) is 0.763. The zero-order valence-electron chi connectivity index (χ0n) is 8.69. The molecule has 2 N–H and O–H groups in total. The van der Waals surface area contributed by atoms with Gasteiger partial charge < -0.3 is 15.0 Å². The molecule has 0 radical (unpaired) electrons. The number of H-pyrrole nitrogens is 1. The van der Waals surface area contributed by atoms with E-state index in [1.165, 1.54) is 0 Å². The maximum Gasteiger partial charge on any atom is 0.258 e. The fourth-order valence-electron chi connectivity index (χ4n) is 1.59. The molecule has 1 aromatic rings. The molecule has 1 aromatic heterocycles. The summed E-state index contributed by atoms with van der Waals surface area (Å²) in [5, 5.41) is 3.13. The molecule has 82 valence electrons. The number of carbonyl (C=O) groups is 1. The van der Waals surface area contributed by atoms with Crippen LogP contribution in [0, 0.1) is 0 Å². The van der Waals surface area contributed by atoms with Crippen LogP contribution in [0.2, 0.25) is 0 Å². The van der Waals surface area contributed by atoms with Crippen molar-refractivity contribution < 1.29 is 9.53 Å². The fourth-order valence-corrected chi connectivity index (χ4v) is 1.59. The summed E-state index contributed by atoms with van der Waals surface area (Å²) in [6, 6.07) is 3.72. The highest BCUT2D eigenvalue weighted by atomic mass is 16.5. The van der Waals surface area contributed by atoms with Crippen LogP contribution in [0.25, 0.3) is 0 Å². The third kappa shape index (κ3) is 2.19. The molecule has 0 aromatic carbocycles. The summed E-state index contributed by atoms with van der Waals surface area (Å²) in [7, 11) is 1.74. The Morgan fingerprint density at radius 1 is 1.67 bits per heavy atom. The number of nitrogens with one attached hydrogen (secondary N) is 2. The number of aromatic amines is 1. The lowest BCUT2D eigenvalue weighted by Crippen LogP contribution is -2.48. The third-order valence-electron chi connectivity index (χ3n) is 2.48. The maximum atomic E-state index is 11.9. The Bertz CT molecular complexity index is 317. The van der Waals surface area contributed by atoms with Gasteiger partial charge in [0.15, 0.2) is 0 Å². The van der Waals surface area contributed by atoms with E-state index in [4.69, 9.17) is 4.74 Å². The first kappa shape index (κ1) is 10.2. The van der Waals surface area contributed by atoms with E-state index >= 15 is 0 Å². The standard InChI is InChI=1S/C10H15N3O2/c1-13(9-3-2-4-12-9)10(14)8-7-11-5-6-15-8/h2-4,8,11-12H,5-7H2,1H3. The largest absolute Gasteiger partial charge is 0.366 e. The van der Waals surface area contributed by atoms with Gasteiger partial charge in [0.1, 0.15) is 11.9 Å². The van der Waals surface area contributed by atoms with Crippen LogP contribution in [0.3, 0.4) is 0 Å². The topological polar surface area (TPSA) is 57.4 Å². The molecule has 1 unspecified atom stereocenters. The zero-order chi connectivity index (χ0) is 10.7. The van der Waals surface area contributed by atoms with E-state index in [0.29, 0.717) is 13.2 Å². The van der Waals surface area contributed by atoms with Gasteiger partial charge in [-0.15, -0.1) is 0 Å². The monoisotopic (exact) mass is 209 g/mol. The first-order valence-electron chi connectivity index (χ1n) is 5.02. The van der Waals surface area contributed by atoms with Crippen molar-refractivity contribution in [3.05, 3.63) is 18.3 Å². The molecule has 0 saturated carbocycles. The van der Waals surface area contributed by atoms with Crippen molar-refractivity contribution in [1.82, 2.24) is 10.3 Å². The quantitative estimate of drug-likeness (QED) is 0.719. The minimum Gasteiger partial charge on any atom is -0.366 e. The van der Waals surface area contributed by atoms with Crippen LogP contribution >= 0.6 is 0 Å². The van der Waals surface area contributed by atoms with Gasteiger partial charge in [0.2, 0.25) is 0 Å². The van der Waals surface area contributed by atoms with Crippen molar-refractivity contribution in [2.45, 2.75) is 6.10 Å². The molecule has 1 aliphatic heterocycles. The molecule has 5 heteroatoms. The predicted molar refractivity (Wildman–Crippen MR) is 56.8 cm³/mol. The Morgan fingerprint density at radius 3 is 3.13 bits per heavy atom. The average Bonchev–Trinajstić information content (AvgIpc) is 2.82. The van der Waals surface area contributed by atoms with E-state index in [1.807, 2.05) is 12.1 Å². The second kappa shape index (κ2) is 4.46. The van der Waals surface area contributed by atoms with E-state index < -0.39 is 0 Å². The highest BCUT2D eigenvalue weighted by Crippen LogP contribution is 2.11. The number of aromatic nitrogens is 1. The molecule has 2 heterocycles. The number of nitrogens with zero attached hydrogens (tertiary/aromatic N) is 1. The molecule has 5 nitrogen and oxygen atoms in total. The van der Waals surface area contributed by atoms with Crippen LogP contribution in [0.15, 0.2) is 18.3 Å². The third-order valence-corrected chi connectivity index (χ3v) is 2.48. The number of morpholine rings is 1. The van der Waals surface area contributed by atoms with E-state index in [0.717, 1.165) is 12.4 Å². The highest BCUT2D eigenvalue weighted by Gasteiger charge is 2.25. The summed E-state index contributed by atoms with van der Waals surface area (Å²) < 4.78 is 5.39. The van der Waals surface area contributed by atoms with Crippen molar-refractivity contribution in [1.29, 1.82) is 0 Å². The van der Waals surface area contributed by atoms with Gasteiger partial charge in [-0.25, -0.2) is 0 Å². The van der Waals surface area contributed by atoms with Crippen molar-refractivity contribution in [2.24, 2.45) is 0 Å². The Labute approximate surface area is 88.4 Å². The smallest absolute Gasteiger partial charge is 0.258 e. The summed E-state index contributed by atoms with van der Waals surface area (Å²) >= 11 is 0. The number of hydrogen-bond acceptors (Lipinski definition) is 3. The lowest BCUT2D eigenvalue weighted by Gasteiger charge is -2.26. The van der Waals surface area contributed by atoms with Crippen molar-refractivity contribution in [2.75, 3.05) is 31.6 Å². The van der Waals surface area contributed by atoms with Gasteiger partial charge in [0.05, 0.1) is 6.61 Å². The second-order valence-electron chi connectivity index (χ2n) is 3.52. The normalized spacial score (nSPS) is 21.3. The molecule has 2 rings (SSSR count). The average molecular weight is 209 g/mol. The van der Waals surface area contributed by atoms with Crippen molar-refractivity contribution in [3.63, 3.8) is 0 Å². The van der Waals surface area contributed by atoms with Crippen LogP contribution in [0.4, 0.5) is 5.82 Å².